The van der Waals surface area contributed by atoms with Crippen molar-refractivity contribution in [2.75, 3.05) is 13.6 Å². The van der Waals surface area contributed by atoms with Crippen LogP contribution in [-0.4, -0.2) is 45.3 Å². The minimum Gasteiger partial charge on any atom is -0.347 e. The number of aromatic amines is 1. The molecule has 2 aromatic rings. The van der Waals surface area contributed by atoms with E-state index < -0.39 is 0 Å². The number of amides is 1. The number of nitrogens with one attached hydrogen (secondary N) is 1. The zero-order valence-electron chi connectivity index (χ0n) is 14.1. The first-order chi connectivity index (χ1) is 11.7. The SMILES string of the molecule is CN(Cc1ncc[nH]1)C(=O)[C@H]1C[C@@H](c2ccccc2)N2CCC[C@H]12. The molecule has 2 aliphatic heterocycles. The fourth-order valence-electron chi connectivity index (χ4n) is 4.41. The summed E-state index contributed by atoms with van der Waals surface area (Å²) in [6.45, 7) is 1.65. The Morgan fingerprint density at radius 3 is 2.96 bits per heavy atom. The molecule has 126 valence electrons. The highest BCUT2D eigenvalue weighted by atomic mass is 16.2. The van der Waals surface area contributed by atoms with Crippen LogP contribution in [0.4, 0.5) is 0 Å². The Morgan fingerprint density at radius 1 is 1.38 bits per heavy atom. The van der Waals surface area contributed by atoms with Crippen LogP contribution >= 0.6 is 0 Å². The Bertz CT molecular complexity index is 685. The minimum atomic E-state index is 0.0951. The molecule has 3 atom stereocenters. The van der Waals surface area contributed by atoms with Gasteiger partial charge in [0.1, 0.15) is 5.82 Å². The number of aromatic nitrogens is 2. The topological polar surface area (TPSA) is 52.2 Å². The van der Waals surface area contributed by atoms with Gasteiger partial charge in [-0.15, -0.1) is 0 Å². The van der Waals surface area contributed by atoms with E-state index in [1.165, 1.54) is 12.0 Å². The highest BCUT2D eigenvalue weighted by Gasteiger charge is 2.47. The smallest absolute Gasteiger partial charge is 0.227 e. The van der Waals surface area contributed by atoms with Gasteiger partial charge in [0, 0.05) is 31.5 Å². The van der Waals surface area contributed by atoms with E-state index in [4.69, 9.17) is 0 Å². The van der Waals surface area contributed by atoms with Crippen molar-refractivity contribution in [3.63, 3.8) is 0 Å². The molecule has 0 saturated carbocycles. The van der Waals surface area contributed by atoms with Crippen molar-refractivity contribution in [2.24, 2.45) is 5.92 Å². The van der Waals surface area contributed by atoms with Gasteiger partial charge in [-0.05, 0) is 31.4 Å². The number of hydrogen-bond acceptors (Lipinski definition) is 3. The standard InChI is InChI=1S/C19H24N4O/c1-22(13-18-20-9-10-21-18)19(24)15-12-17(14-6-3-2-4-7-14)23-11-5-8-16(15)23/h2-4,6-7,9-10,15-17H,5,8,11-13H2,1H3,(H,20,21)/t15-,16+,17-/m0/s1. The van der Waals surface area contributed by atoms with Gasteiger partial charge in [-0.1, -0.05) is 30.3 Å². The number of H-pyrrole nitrogens is 1. The summed E-state index contributed by atoms with van der Waals surface area (Å²) in [6, 6.07) is 11.4. The van der Waals surface area contributed by atoms with Crippen LogP contribution in [0.3, 0.4) is 0 Å². The predicted molar refractivity (Wildman–Crippen MR) is 92.1 cm³/mol. The molecule has 5 heteroatoms. The van der Waals surface area contributed by atoms with E-state index in [0.717, 1.165) is 25.2 Å². The summed E-state index contributed by atoms with van der Waals surface area (Å²) in [5, 5.41) is 0. The third-order valence-corrected chi connectivity index (χ3v) is 5.50. The molecule has 1 aromatic heterocycles. The molecular weight excluding hydrogens is 300 g/mol. The van der Waals surface area contributed by atoms with Crippen molar-refractivity contribution in [1.29, 1.82) is 0 Å². The second-order valence-corrected chi connectivity index (χ2v) is 6.95. The molecule has 0 bridgehead atoms. The van der Waals surface area contributed by atoms with E-state index in [9.17, 15) is 4.79 Å². The van der Waals surface area contributed by atoms with E-state index >= 15 is 0 Å². The van der Waals surface area contributed by atoms with Crippen molar-refractivity contribution >= 4 is 5.91 Å². The molecule has 5 nitrogen and oxygen atoms in total. The van der Waals surface area contributed by atoms with E-state index in [1.54, 1.807) is 12.4 Å². The van der Waals surface area contributed by atoms with Crippen LogP contribution in [0.25, 0.3) is 0 Å². The van der Waals surface area contributed by atoms with Gasteiger partial charge in [0.05, 0.1) is 12.5 Å². The summed E-state index contributed by atoms with van der Waals surface area (Å²) >= 11 is 0. The van der Waals surface area contributed by atoms with Crippen LogP contribution in [0.2, 0.25) is 0 Å². The lowest BCUT2D eigenvalue weighted by atomic mass is 9.93. The van der Waals surface area contributed by atoms with Crippen molar-refractivity contribution in [1.82, 2.24) is 19.8 Å². The summed E-state index contributed by atoms with van der Waals surface area (Å²) in [6.07, 6.45) is 6.78. The Hall–Kier alpha value is -2.14. The Labute approximate surface area is 142 Å². The molecule has 1 aromatic carbocycles. The van der Waals surface area contributed by atoms with Crippen LogP contribution in [0.5, 0.6) is 0 Å². The maximum absolute atomic E-state index is 13.0. The molecular formula is C19H24N4O. The summed E-state index contributed by atoms with van der Waals surface area (Å²) in [7, 11) is 1.89. The highest BCUT2D eigenvalue weighted by Crippen LogP contribution is 2.45. The van der Waals surface area contributed by atoms with Gasteiger partial charge in [-0.3, -0.25) is 9.69 Å². The largest absolute Gasteiger partial charge is 0.347 e. The maximum Gasteiger partial charge on any atom is 0.227 e. The molecule has 3 heterocycles. The van der Waals surface area contributed by atoms with Gasteiger partial charge in [-0.2, -0.15) is 0 Å². The first-order valence-corrected chi connectivity index (χ1v) is 8.78. The Balaban J connectivity index is 1.51. The quantitative estimate of drug-likeness (QED) is 0.940. The van der Waals surface area contributed by atoms with Crippen LogP contribution in [0.15, 0.2) is 42.7 Å². The average molecular weight is 324 g/mol. The van der Waals surface area contributed by atoms with Crippen LogP contribution in [0, 0.1) is 5.92 Å². The van der Waals surface area contributed by atoms with E-state index in [2.05, 4.69) is 45.2 Å². The lowest BCUT2D eigenvalue weighted by Crippen LogP contribution is -2.38. The predicted octanol–water partition coefficient (Wildman–Crippen LogP) is 2.59. The lowest BCUT2D eigenvalue weighted by Gasteiger charge is -2.25. The number of carbonyl (C=O) groups is 1. The van der Waals surface area contributed by atoms with E-state index in [0.29, 0.717) is 18.6 Å². The number of carbonyl (C=O) groups excluding carboxylic acids is 1. The second-order valence-electron chi connectivity index (χ2n) is 6.95. The third kappa shape index (κ3) is 2.73. The Kier molecular flexibility index (Phi) is 4.10. The molecule has 4 rings (SSSR count). The fourth-order valence-corrected chi connectivity index (χ4v) is 4.41. The van der Waals surface area contributed by atoms with Crippen LogP contribution < -0.4 is 0 Å². The number of fused-ring (bicyclic) bond motifs is 1. The van der Waals surface area contributed by atoms with Gasteiger partial charge in [-0.25, -0.2) is 4.98 Å². The number of hydrogen-bond donors (Lipinski definition) is 1. The summed E-state index contributed by atoms with van der Waals surface area (Å²) in [5.41, 5.74) is 1.34. The monoisotopic (exact) mass is 324 g/mol. The molecule has 1 N–H and O–H groups in total. The van der Waals surface area contributed by atoms with Crippen molar-refractivity contribution in [2.45, 2.75) is 37.9 Å². The first kappa shape index (κ1) is 15.4. The molecule has 0 radical (unpaired) electrons. The van der Waals surface area contributed by atoms with E-state index in [-0.39, 0.29) is 11.8 Å². The summed E-state index contributed by atoms with van der Waals surface area (Å²) in [4.78, 5) is 24.7. The maximum atomic E-state index is 13.0. The zero-order valence-corrected chi connectivity index (χ0v) is 14.1. The molecule has 1 amide bonds. The second kappa shape index (κ2) is 6.40. The number of imidazole rings is 1. The number of nitrogens with zero attached hydrogens (tertiary/aromatic N) is 3. The number of benzene rings is 1. The molecule has 2 fully saturated rings. The zero-order chi connectivity index (χ0) is 16.5. The highest BCUT2D eigenvalue weighted by molar-refractivity contribution is 5.80. The van der Waals surface area contributed by atoms with Gasteiger partial charge in [0.2, 0.25) is 5.91 Å². The van der Waals surface area contributed by atoms with Crippen LogP contribution in [-0.2, 0) is 11.3 Å². The van der Waals surface area contributed by atoms with Gasteiger partial charge in [0.15, 0.2) is 0 Å². The first-order valence-electron chi connectivity index (χ1n) is 8.78. The summed E-state index contributed by atoms with van der Waals surface area (Å²) in [5.74, 6) is 1.19. The minimum absolute atomic E-state index is 0.0951. The molecule has 0 spiro atoms. The molecule has 24 heavy (non-hydrogen) atoms. The molecule has 0 aliphatic carbocycles. The Morgan fingerprint density at radius 2 is 2.21 bits per heavy atom. The molecule has 2 saturated heterocycles. The van der Waals surface area contributed by atoms with Crippen molar-refractivity contribution in [3.05, 3.63) is 54.1 Å². The summed E-state index contributed by atoms with van der Waals surface area (Å²) < 4.78 is 0. The van der Waals surface area contributed by atoms with Crippen molar-refractivity contribution in [3.8, 4) is 0 Å². The number of rotatable bonds is 4. The normalized spacial score (nSPS) is 26.5. The van der Waals surface area contributed by atoms with Crippen molar-refractivity contribution < 1.29 is 4.79 Å². The average Bonchev–Trinajstić information content (AvgIpc) is 3.32. The molecule has 0 unspecified atom stereocenters. The lowest BCUT2D eigenvalue weighted by molar-refractivity contribution is -0.135. The van der Waals surface area contributed by atoms with Gasteiger partial charge >= 0.3 is 0 Å². The van der Waals surface area contributed by atoms with Gasteiger partial charge in [0.25, 0.3) is 0 Å². The van der Waals surface area contributed by atoms with E-state index in [1.807, 2.05) is 11.9 Å². The molecule has 2 aliphatic rings. The third-order valence-electron chi connectivity index (χ3n) is 5.50. The fraction of sp³-hybridized carbons (Fsp3) is 0.474. The van der Waals surface area contributed by atoms with Crippen LogP contribution in [0.1, 0.15) is 36.7 Å². The van der Waals surface area contributed by atoms with Gasteiger partial charge < -0.3 is 9.88 Å².